The standard InChI is InChI=1S/C17H24N2O3.ClH/c1-3-10-19(12-13-4-6-14(21-2)7-5-13)17(20)16-9-8-15(11-18)22-16;/h3-7,15-16H,1,8-12,18H2,2H3;1H/t15-,16+;/m1./s1. The van der Waals surface area contributed by atoms with Gasteiger partial charge in [-0.15, -0.1) is 19.0 Å². The third-order valence-corrected chi connectivity index (χ3v) is 3.84. The van der Waals surface area contributed by atoms with Crippen molar-refractivity contribution < 1.29 is 14.3 Å². The fourth-order valence-electron chi connectivity index (χ4n) is 2.60. The molecule has 23 heavy (non-hydrogen) atoms. The van der Waals surface area contributed by atoms with E-state index in [9.17, 15) is 4.79 Å². The number of amides is 1. The van der Waals surface area contributed by atoms with E-state index < -0.39 is 0 Å². The van der Waals surface area contributed by atoms with E-state index in [1.165, 1.54) is 0 Å². The van der Waals surface area contributed by atoms with Crippen LogP contribution in [0.15, 0.2) is 36.9 Å². The van der Waals surface area contributed by atoms with Crippen LogP contribution in [0.5, 0.6) is 5.75 Å². The van der Waals surface area contributed by atoms with Crippen molar-refractivity contribution in [3.8, 4) is 5.75 Å². The minimum atomic E-state index is -0.383. The molecule has 0 saturated carbocycles. The Morgan fingerprint density at radius 1 is 1.43 bits per heavy atom. The molecule has 0 unspecified atom stereocenters. The Morgan fingerprint density at radius 2 is 2.13 bits per heavy atom. The lowest BCUT2D eigenvalue weighted by molar-refractivity contribution is -0.142. The van der Waals surface area contributed by atoms with Crippen LogP contribution < -0.4 is 10.5 Å². The van der Waals surface area contributed by atoms with Crippen LogP contribution in [0.1, 0.15) is 18.4 Å². The molecule has 0 radical (unpaired) electrons. The molecule has 0 spiro atoms. The topological polar surface area (TPSA) is 64.8 Å². The first-order valence-electron chi connectivity index (χ1n) is 7.56. The summed E-state index contributed by atoms with van der Waals surface area (Å²) in [4.78, 5) is 14.4. The maximum Gasteiger partial charge on any atom is 0.252 e. The molecular formula is C17H25ClN2O3. The van der Waals surface area contributed by atoms with Crippen molar-refractivity contribution in [1.82, 2.24) is 4.90 Å². The Hall–Kier alpha value is -1.56. The number of benzene rings is 1. The summed E-state index contributed by atoms with van der Waals surface area (Å²) in [6.45, 7) is 5.22. The predicted molar refractivity (Wildman–Crippen MR) is 92.8 cm³/mol. The normalized spacial score (nSPS) is 19.7. The third kappa shape index (κ3) is 5.23. The molecule has 0 bridgehead atoms. The van der Waals surface area contributed by atoms with Gasteiger partial charge in [-0.2, -0.15) is 0 Å². The highest BCUT2D eigenvalue weighted by molar-refractivity contribution is 5.85. The van der Waals surface area contributed by atoms with Crippen molar-refractivity contribution in [3.05, 3.63) is 42.5 Å². The lowest BCUT2D eigenvalue weighted by Crippen LogP contribution is -2.39. The average molecular weight is 341 g/mol. The van der Waals surface area contributed by atoms with E-state index >= 15 is 0 Å². The van der Waals surface area contributed by atoms with E-state index in [0.717, 1.165) is 24.2 Å². The van der Waals surface area contributed by atoms with Crippen LogP contribution in [0, 0.1) is 0 Å². The number of rotatable bonds is 7. The van der Waals surface area contributed by atoms with Gasteiger partial charge in [-0.1, -0.05) is 18.2 Å². The summed E-state index contributed by atoms with van der Waals surface area (Å²) < 4.78 is 10.8. The second kappa shape index (κ2) is 9.55. The summed E-state index contributed by atoms with van der Waals surface area (Å²) in [6.07, 6.45) is 2.93. The number of hydrogen-bond donors (Lipinski definition) is 1. The monoisotopic (exact) mass is 340 g/mol. The molecule has 6 heteroatoms. The summed E-state index contributed by atoms with van der Waals surface area (Å²) in [5.74, 6) is 0.807. The fraction of sp³-hybridized carbons (Fsp3) is 0.471. The first-order chi connectivity index (χ1) is 10.7. The smallest absolute Gasteiger partial charge is 0.252 e. The number of ether oxygens (including phenoxy) is 2. The summed E-state index contributed by atoms with van der Waals surface area (Å²) >= 11 is 0. The van der Waals surface area contributed by atoms with Gasteiger partial charge in [-0.25, -0.2) is 0 Å². The molecule has 1 heterocycles. The first-order valence-corrected chi connectivity index (χ1v) is 7.56. The van der Waals surface area contributed by atoms with E-state index in [2.05, 4.69) is 6.58 Å². The summed E-state index contributed by atoms with van der Waals surface area (Å²) in [5, 5.41) is 0. The Bertz CT molecular complexity index is 507. The second-order valence-corrected chi connectivity index (χ2v) is 5.42. The molecule has 128 valence electrons. The van der Waals surface area contributed by atoms with Crippen LogP contribution in [0.2, 0.25) is 0 Å². The molecule has 5 nitrogen and oxygen atoms in total. The highest BCUT2D eigenvalue weighted by Crippen LogP contribution is 2.22. The van der Waals surface area contributed by atoms with Gasteiger partial charge in [0.1, 0.15) is 11.9 Å². The maximum atomic E-state index is 12.6. The van der Waals surface area contributed by atoms with Gasteiger partial charge in [-0.3, -0.25) is 4.79 Å². The zero-order chi connectivity index (χ0) is 15.9. The van der Waals surface area contributed by atoms with E-state index in [1.807, 2.05) is 24.3 Å². The largest absolute Gasteiger partial charge is 0.497 e. The molecule has 1 aliphatic rings. The van der Waals surface area contributed by atoms with Crippen molar-refractivity contribution in [2.75, 3.05) is 20.2 Å². The number of nitrogens with zero attached hydrogens (tertiary/aromatic N) is 1. The molecule has 2 N–H and O–H groups in total. The zero-order valence-electron chi connectivity index (χ0n) is 13.4. The Labute approximate surface area is 143 Å². The minimum Gasteiger partial charge on any atom is -0.497 e. The van der Waals surface area contributed by atoms with E-state index in [-0.39, 0.29) is 30.5 Å². The molecule has 1 amide bonds. The number of hydrogen-bond acceptors (Lipinski definition) is 4. The molecule has 1 aromatic rings. The van der Waals surface area contributed by atoms with Crippen LogP contribution in [-0.2, 0) is 16.1 Å². The van der Waals surface area contributed by atoms with Gasteiger partial charge in [0.2, 0.25) is 0 Å². The van der Waals surface area contributed by atoms with Gasteiger partial charge in [0.05, 0.1) is 13.2 Å². The van der Waals surface area contributed by atoms with E-state index in [1.54, 1.807) is 18.1 Å². The van der Waals surface area contributed by atoms with Crippen LogP contribution in [0.25, 0.3) is 0 Å². The number of halogens is 1. The molecule has 2 atom stereocenters. The van der Waals surface area contributed by atoms with Crippen molar-refractivity contribution in [3.63, 3.8) is 0 Å². The van der Waals surface area contributed by atoms with Crippen molar-refractivity contribution in [2.24, 2.45) is 5.73 Å². The highest BCUT2D eigenvalue weighted by atomic mass is 35.5. The van der Waals surface area contributed by atoms with E-state index in [0.29, 0.717) is 19.6 Å². The fourth-order valence-corrected chi connectivity index (χ4v) is 2.60. The van der Waals surface area contributed by atoms with E-state index in [4.69, 9.17) is 15.2 Å². The zero-order valence-corrected chi connectivity index (χ0v) is 14.3. The Balaban J connectivity index is 0.00000264. The van der Waals surface area contributed by atoms with Gasteiger partial charge in [0.15, 0.2) is 0 Å². The lowest BCUT2D eigenvalue weighted by Gasteiger charge is -2.24. The first kappa shape index (κ1) is 19.5. The molecule has 2 rings (SSSR count). The van der Waals surface area contributed by atoms with Gasteiger partial charge in [0.25, 0.3) is 5.91 Å². The molecular weight excluding hydrogens is 316 g/mol. The molecule has 1 fully saturated rings. The Morgan fingerprint density at radius 3 is 2.65 bits per heavy atom. The molecule has 1 aliphatic heterocycles. The highest BCUT2D eigenvalue weighted by Gasteiger charge is 2.32. The van der Waals surface area contributed by atoms with Crippen molar-refractivity contribution in [2.45, 2.75) is 31.6 Å². The SMILES string of the molecule is C=CCN(Cc1ccc(OC)cc1)C(=O)[C@@H]1CC[C@H](CN)O1.Cl. The summed E-state index contributed by atoms with van der Waals surface area (Å²) in [5.41, 5.74) is 6.65. The van der Waals surface area contributed by atoms with Crippen LogP contribution in [0.4, 0.5) is 0 Å². The second-order valence-electron chi connectivity index (χ2n) is 5.42. The van der Waals surface area contributed by atoms with Crippen molar-refractivity contribution >= 4 is 18.3 Å². The van der Waals surface area contributed by atoms with Crippen LogP contribution >= 0.6 is 12.4 Å². The molecule has 0 aliphatic carbocycles. The summed E-state index contributed by atoms with van der Waals surface area (Å²) in [6, 6.07) is 7.70. The van der Waals surface area contributed by atoms with Gasteiger partial charge in [0, 0.05) is 19.6 Å². The predicted octanol–water partition coefficient (Wildman–Crippen LogP) is 2.14. The molecule has 0 aromatic heterocycles. The van der Waals surface area contributed by atoms with Gasteiger partial charge < -0.3 is 20.1 Å². The summed E-state index contributed by atoms with van der Waals surface area (Å²) in [7, 11) is 1.63. The van der Waals surface area contributed by atoms with Gasteiger partial charge in [-0.05, 0) is 30.5 Å². The molecule has 1 aromatic carbocycles. The average Bonchev–Trinajstić information content (AvgIpc) is 3.03. The lowest BCUT2D eigenvalue weighted by atomic mass is 10.1. The van der Waals surface area contributed by atoms with Gasteiger partial charge >= 0.3 is 0 Å². The number of carbonyl (C=O) groups excluding carboxylic acids is 1. The Kier molecular flexibility index (Phi) is 8.09. The number of methoxy groups -OCH3 is 1. The maximum absolute atomic E-state index is 12.6. The minimum absolute atomic E-state index is 0. The van der Waals surface area contributed by atoms with Crippen LogP contribution in [0.3, 0.4) is 0 Å². The quantitative estimate of drug-likeness (QED) is 0.772. The third-order valence-electron chi connectivity index (χ3n) is 3.84. The number of carbonyl (C=O) groups is 1. The molecule has 1 saturated heterocycles. The van der Waals surface area contributed by atoms with Crippen LogP contribution in [-0.4, -0.2) is 43.2 Å². The number of nitrogens with two attached hydrogens (primary N) is 1. The van der Waals surface area contributed by atoms with Crippen molar-refractivity contribution in [1.29, 1.82) is 0 Å².